The van der Waals surface area contributed by atoms with E-state index in [9.17, 15) is 9.59 Å². The van der Waals surface area contributed by atoms with E-state index in [0.29, 0.717) is 19.5 Å². The van der Waals surface area contributed by atoms with Gasteiger partial charge in [0.2, 0.25) is 5.91 Å². The molecule has 30 heavy (non-hydrogen) atoms. The highest BCUT2D eigenvalue weighted by molar-refractivity contribution is 5.83. The summed E-state index contributed by atoms with van der Waals surface area (Å²) in [5.41, 5.74) is 0. The Morgan fingerprint density at radius 2 is 1.20 bits per heavy atom. The molecule has 0 bridgehead atoms. The number of allylic oxidation sites excluding steroid dienone is 2. The standard InChI is InChI=1S/C26H49NO3/c1-4-7-8-9-10-11-12-13-14-15-16-17-18-19-20-21-22-24(23-25(28)29)26(30)27(5-2)6-3/h18-19,24H,4-17,20-23H2,1-3H3,(H,28,29)/b19-18+. The quantitative estimate of drug-likeness (QED) is 0.155. The smallest absolute Gasteiger partial charge is 0.304 e. The molecule has 0 radical (unpaired) electrons. The molecule has 0 heterocycles. The van der Waals surface area contributed by atoms with Gasteiger partial charge in [0.1, 0.15) is 0 Å². The van der Waals surface area contributed by atoms with E-state index in [2.05, 4.69) is 19.1 Å². The molecule has 0 saturated carbocycles. The van der Waals surface area contributed by atoms with Gasteiger partial charge in [-0.2, -0.15) is 0 Å². The first-order valence-corrected chi connectivity index (χ1v) is 12.7. The van der Waals surface area contributed by atoms with Gasteiger partial charge in [0.05, 0.1) is 6.42 Å². The Morgan fingerprint density at radius 1 is 0.733 bits per heavy atom. The van der Waals surface area contributed by atoms with Crippen LogP contribution in [0.1, 0.15) is 124 Å². The van der Waals surface area contributed by atoms with Gasteiger partial charge in [0.15, 0.2) is 0 Å². The third-order valence-corrected chi connectivity index (χ3v) is 5.91. The van der Waals surface area contributed by atoms with Crippen molar-refractivity contribution in [3.63, 3.8) is 0 Å². The second kappa shape index (κ2) is 20.9. The Bertz CT molecular complexity index is 444. The van der Waals surface area contributed by atoms with Crippen molar-refractivity contribution in [2.45, 2.75) is 124 Å². The van der Waals surface area contributed by atoms with Gasteiger partial charge in [-0.1, -0.05) is 83.3 Å². The largest absolute Gasteiger partial charge is 0.481 e. The number of carboxylic acids is 1. The molecule has 0 aliphatic heterocycles. The average molecular weight is 424 g/mol. The van der Waals surface area contributed by atoms with E-state index in [1.807, 2.05) is 13.8 Å². The minimum Gasteiger partial charge on any atom is -0.481 e. The van der Waals surface area contributed by atoms with Gasteiger partial charge in [0, 0.05) is 19.0 Å². The summed E-state index contributed by atoms with van der Waals surface area (Å²) < 4.78 is 0. The summed E-state index contributed by atoms with van der Waals surface area (Å²) >= 11 is 0. The minimum absolute atomic E-state index is 0.00709. The first kappa shape index (κ1) is 28.7. The summed E-state index contributed by atoms with van der Waals surface area (Å²) in [6.45, 7) is 7.44. The van der Waals surface area contributed by atoms with Crippen LogP contribution in [-0.2, 0) is 9.59 Å². The lowest BCUT2D eigenvalue weighted by Gasteiger charge is -2.24. The molecule has 0 fully saturated rings. The molecule has 0 rings (SSSR count). The van der Waals surface area contributed by atoms with Crippen LogP contribution in [0.25, 0.3) is 0 Å². The Labute approximate surface area is 186 Å². The molecular formula is C26H49NO3. The van der Waals surface area contributed by atoms with Gasteiger partial charge in [-0.3, -0.25) is 9.59 Å². The third-order valence-electron chi connectivity index (χ3n) is 5.91. The van der Waals surface area contributed by atoms with Gasteiger partial charge in [-0.25, -0.2) is 0 Å². The fourth-order valence-corrected chi connectivity index (χ4v) is 3.96. The molecule has 0 saturated heterocycles. The zero-order valence-electron chi connectivity index (χ0n) is 20.2. The Kier molecular flexibility index (Phi) is 20.0. The monoisotopic (exact) mass is 423 g/mol. The maximum Gasteiger partial charge on any atom is 0.304 e. The summed E-state index contributed by atoms with van der Waals surface area (Å²) in [6, 6.07) is 0. The number of hydrogen-bond acceptors (Lipinski definition) is 2. The Hall–Kier alpha value is -1.32. The van der Waals surface area contributed by atoms with Crippen molar-refractivity contribution in [1.82, 2.24) is 4.90 Å². The molecule has 1 atom stereocenters. The number of nitrogens with zero attached hydrogens (tertiary/aromatic N) is 1. The van der Waals surface area contributed by atoms with Crippen molar-refractivity contribution in [3.05, 3.63) is 12.2 Å². The highest BCUT2D eigenvalue weighted by atomic mass is 16.4. The van der Waals surface area contributed by atoms with Crippen LogP contribution in [0.5, 0.6) is 0 Å². The van der Waals surface area contributed by atoms with Crippen LogP contribution >= 0.6 is 0 Å². The molecule has 0 aromatic rings. The van der Waals surface area contributed by atoms with Crippen molar-refractivity contribution in [1.29, 1.82) is 0 Å². The summed E-state index contributed by atoms with van der Waals surface area (Å²) in [4.78, 5) is 25.3. The maximum atomic E-state index is 12.5. The van der Waals surface area contributed by atoms with E-state index in [0.717, 1.165) is 19.3 Å². The van der Waals surface area contributed by atoms with Crippen LogP contribution in [0.15, 0.2) is 12.2 Å². The van der Waals surface area contributed by atoms with Crippen molar-refractivity contribution >= 4 is 11.9 Å². The van der Waals surface area contributed by atoms with Crippen LogP contribution in [0, 0.1) is 5.92 Å². The third kappa shape index (κ3) is 16.5. The second-order valence-corrected chi connectivity index (χ2v) is 8.53. The fraction of sp³-hybridized carbons (Fsp3) is 0.846. The molecular weight excluding hydrogens is 374 g/mol. The van der Waals surface area contributed by atoms with Crippen LogP contribution in [0.2, 0.25) is 0 Å². The number of rotatable bonds is 21. The average Bonchev–Trinajstić information content (AvgIpc) is 2.73. The van der Waals surface area contributed by atoms with E-state index in [-0.39, 0.29) is 18.2 Å². The van der Waals surface area contributed by atoms with E-state index in [1.54, 1.807) is 4.90 Å². The molecule has 1 unspecified atom stereocenters. The number of carboxylic acid groups (broad SMARTS) is 1. The molecule has 176 valence electrons. The number of carbonyl (C=O) groups is 2. The molecule has 4 nitrogen and oxygen atoms in total. The molecule has 0 spiro atoms. The van der Waals surface area contributed by atoms with E-state index >= 15 is 0 Å². The fourth-order valence-electron chi connectivity index (χ4n) is 3.96. The Balaban J connectivity index is 3.73. The lowest BCUT2D eigenvalue weighted by molar-refractivity contribution is -0.144. The van der Waals surface area contributed by atoms with Crippen LogP contribution in [0.3, 0.4) is 0 Å². The predicted octanol–water partition coefficient (Wildman–Crippen LogP) is 7.37. The first-order chi connectivity index (χ1) is 14.6. The topological polar surface area (TPSA) is 57.6 Å². The highest BCUT2D eigenvalue weighted by Crippen LogP contribution is 2.17. The van der Waals surface area contributed by atoms with Crippen LogP contribution < -0.4 is 0 Å². The zero-order valence-corrected chi connectivity index (χ0v) is 20.2. The number of aliphatic carboxylic acids is 1. The normalized spacial score (nSPS) is 12.4. The van der Waals surface area contributed by atoms with E-state index < -0.39 is 5.97 Å². The van der Waals surface area contributed by atoms with E-state index in [1.165, 1.54) is 70.6 Å². The molecule has 0 aliphatic rings. The predicted molar refractivity (Wildman–Crippen MR) is 128 cm³/mol. The molecule has 1 N–H and O–H groups in total. The van der Waals surface area contributed by atoms with Crippen molar-refractivity contribution < 1.29 is 14.7 Å². The minimum atomic E-state index is -0.882. The first-order valence-electron chi connectivity index (χ1n) is 12.7. The highest BCUT2D eigenvalue weighted by Gasteiger charge is 2.24. The maximum absolute atomic E-state index is 12.5. The summed E-state index contributed by atoms with van der Waals surface area (Å²) in [6.07, 6.45) is 23.1. The molecule has 1 amide bonds. The molecule has 4 heteroatoms. The van der Waals surface area contributed by atoms with Gasteiger partial charge >= 0.3 is 5.97 Å². The summed E-state index contributed by atoms with van der Waals surface area (Å²) in [7, 11) is 0. The van der Waals surface area contributed by atoms with Gasteiger partial charge < -0.3 is 10.0 Å². The lowest BCUT2D eigenvalue weighted by Crippen LogP contribution is -2.36. The van der Waals surface area contributed by atoms with Gasteiger partial charge in [0.25, 0.3) is 0 Å². The molecule has 0 aliphatic carbocycles. The van der Waals surface area contributed by atoms with E-state index in [4.69, 9.17) is 5.11 Å². The van der Waals surface area contributed by atoms with Crippen molar-refractivity contribution in [2.75, 3.05) is 13.1 Å². The SMILES string of the molecule is CCCCCCCCCCCCC/C=C/CCCC(CC(=O)O)C(=O)N(CC)CC. The number of carbonyl (C=O) groups excluding carboxylic acids is 1. The zero-order chi connectivity index (χ0) is 22.5. The second-order valence-electron chi connectivity index (χ2n) is 8.53. The number of amides is 1. The summed E-state index contributed by atoms with van der Waals surface area (Å²) in [5, 5.41) is 9.11. The van der Waals surface area contributed by atoms with Crippen LogP contribution in [0.4, 0.5) is 0 Å². The number of unbranched alkanes of at least 4 members (excludes halogenated alkanes) is 12. The molecule has 0 aromatic heterocycles. The van der Waals surface area contributed by atoms with Gasteiger partial charge in [-0.05, 0) is 46.0 Å². The van der Waals surface area contributed by atoms with Crippen LogP contribution in [-0.4, -0.2) is 35.0 Å². The lowest BCUT2D eigenvalue weighted by atomic mass is 9.96. The van der Waals surface area contributed by atoms with Crippen molar-refractivity contribution in [3.8, 4) is 0 Å². The summed E-state index contributed by atoms with van der Waals surface area (Å²) in [5.74, 6) is -1.28. The number of hydrogen-bond donors (Lipinski definition) is 1. The Morgan fingerprint density at radius 3 is 1.67 bits per heavy atom. The molecule has 0 aromatic carbocycles. The van der Waals surface area contributed by atoms with Gasteiger partial charge in [-0.15, -0.1) is 0 Å². The van der Waals surface area contributed by atoms with Crippen molar-refractivity contribution in [2.24, 2.45) is 5.92 Å².